The van der Waals surface area contributed by atoms with Crippen molar-refractivity contribution in [3.05, 3.63) is 99.1 Å². The van der Waals surface area contributed by atoms with Crippen molar-refractivity contribution in [2.75, 3.05) is 5.73 Å². The number of anilines is 1. The number of nitrogens with two attached hydrogens (primary N) is 1. The third-order valence-corrected chi connectivity index (χ3v) is 6.66. The molecule has 1 aliphatic rings. The summed E-state index contributed by atoms with van der Waals surface area (Å²) in [6.07, 6.45) is 5.65. The van der Waals surface area contributed by atoms with Gasteiger partial charge in [0.15, 0.2) is 0 Å². The molecular formula is C29H33N. The fourth-order valence-corrected chi connectivity index (χ4v) is 4.87. The third kappa shape index (κ3) is 3.81. The standard InChI is InChI=1S/C29H33N/c1-5-7-22-14-16-26(21(4)20(22)3)28-9-6-8-24-18-25(30)15-17-27(24)29(28)23-12-10-19(2)11-13-23/h10-18H,5-9,30H2,1-4H3. The van der Waals surface area contributed by atoms with E-state index in [9.17, 15) is 0 Å². The second-order valence-electron chi connectivity index (χ2n) is 8.76. The van der Waals surface area contributed by atoms with Gasteiger partial charge in [-0.15, -0.1) is 0 Å². The molecule has 1 heteroatoms. The maximum Gasteiger partial charge on any atom is 0.0317 e. The van der Waals surface area contributed by atoms with Gasteiger partial charge in [0.25, 0.3) is 0 Å². The number of rotatable bonds is 4. The van der Waals surface area contributed by atoms with Crippen LogP contribution < -0.4 is 5.73 Å². The average Bonchev–Trinajstić information content (AvgIpc) is 2.91. The van der Waals surface area contributed by atoms with Gasteiger partial charge in [-0.25, -0.2) is 0 Å². The van der Waals surface area contributed by atoms with Gasteiger partial charge in [-0.3, -0.25) is 0 Å². The zero-order valence-corrected chi connectivity index (χ0v) is 18.8. The van der Waals surface area contributed by atoms with E-state index in [1.165, 1.54) is 62.1 Å². The summed E-state index contributed by atoms with van der Waals surface area (Å²) < 4.78 is 0. The third-order valence-electron chi connectivity index (χ3n) is 6.66. The van der Waals surface area contributed by atoms with Crippen molar-refractivity contribution >= 4 is 16.8 Å². The highest BCUT2D eigenvalue weighted by atomic mass is 14.5. The monoisotopic (exact) mass is 395 g/mol. The average molecular weight is 396 g/mol. The minimum atomic E-state index is 0.858. The molecule has 4 rings (SSSR count). The SMILES string of the molecule is CCCc1ccc(C2=C(c3ccc(C)cc3)c3ccc(N)cc3CCC2)c(C)c1C. The number of hydrogen-bond acceptors (Lipinski definition) is 1. The van der Waals surface area contributed by atoms with Crippen molar-refractivity contribution in [2.45, 2.75) is 59.8 Å². The largest absolute Gasteiger partial charge is 0.399 e. The lowest BCUT2D eigenvalue weighted by atomic mass is 9.84. The molecule has 3 aromatic rings. The van der Waals surface area contributed by atoms with Gasteiger partial charge in [-0.05, 0) is 109 Å². The summed E-state index contributed by atoms with van der Waals surface area (Å²) in [5.41, 5.74) is 21.0. The van der Waals surface area contributed by atoms with Crippen molar-refractivity contribution < 1.29 is 0 Å². The van der Waals surface area contributed by atoms with E-state index in [1.807, 2.05) is 0 Å². The molecule has 0 aliphatic heterocycles. The predicted molar refractivity (Wildman–Crippen MR) is 131 cm³/mol. The van der Waals surface area contributed by atoms with Gasteiger partial charge in [0.1, 0.15) is 0 Å². The Morgan fingerprint density at radius 3 is 2.27 bits per heavy atom. The lowest BCUT2D eigenvalue weighted by Gasteiger charge is -2.20. The molecule has 0 amide bonds. The molecule has 0 heterocycles. The quantitative estimate of drug-likeness (QED) is 0.456. The first-order chi connectivity index (χ1) is 14.5. The van der Waals surface area contributed by atoms with Crippen molar-refractivity contribution in [1.82, 2.24) is 0 Å². The second kappa shape index (κ2) is 8.52. The van der Waals surface area contributed by atoms with Crippen LogP contribution in [0.1, 0.15) is 70.7 Å². The van der Waals surface area contributed by atoms with Crippen molar-refractivity contribution in [3.8, 4) is 0 Å². The van der Waals surface area contributed by atoms with Gasteiger partial charge >= 0.3 is 0 Å². The Kier molecular flexibility index (Phi) is 5.81. The van der Waals surface area contributed by atoms with Crippen LogP contribution in [-0.4, -0.2) is 0 Å². The van der Waals surface area contributed by atoms with Gasteiger partial charge in [0.05, 0.1) is 0 Å². The lowest BCUT2D eigenvalue weighted by molar-refractivity contribution is 0.859. The Morgan fingerprint density at radius 2 is 1.53 bits per heavy atom. The number of nitrogen functional groups attached to an aromatic ring is 1. The maximum atomic E-state index is 6.16. The van der Waals surface area contributed by atoms with Crippen LogP contribution in [0.15, 0.2) is 54.6 Å². The molecule has 0 unspecified atom stereocenters. The van der Waals surface area contributed by atoms with E-state index in [1.54, 1.807) is 0 Å². The number of benzene rings is 3. The van der Waals surface area contributed by atoms with Crippen LogP contribution >= 0.6 is 0 Å². The molecule has 0 radical (unpaired) electrons. The molecule has 154 valence electrons. The predicted octanol–water partition coefficient (Wildman–Crippen LogP) is 7.44. The molecular weight excluding hydrogens is 362 g/mol. The normalized spacial score (nSPS) is 13.9. The van der Waals surface area contributed by atoms with Crippen molar-refractivity contribution in [1.29, 1.82) is 0 Å². The molecule has 0 atom stereocenters. The molecule has 0 saturated carbocycles. The zero-order valence-electron chi connectivity index (χ0n) is 18.8. The number of hydrogen-bond donors (Lipinski definition) is 1. The van der Waals surface area contributed by atoms with Gasteiger partial charge in [-0.2, -0.15) is 0 Å². The Balaban J connectivity index is 2.00. The van der Waals surface area contributed by atoms with Crippen LogP contribution in [0.3, 0.4) is 0 Å². The van der Waals surface area contributed by atoms with E-state index in [0.717, 1.165) is 31.4 Å². The Hall–Kier alpha value is -2.80. The van der Waals surface area contributed by atoms with E-state index in [2.05, 4.69) is 82.3 Å². The highest BCUT2D eigenvalue weighted by Gasteiger charge is 2.22. The van der Waals surface area contributed by atoms with Crippen molar-refractivity contribution in [2.24, 2.45) is 0 Å². The maximum absolute atomic E-state index is 6.16. The molecule has 2 N–H and O–H groups in total. The molecule has 0 fully saturated rings. The minimum Gasteiger partial charge on any atom is -0.399 e. The van der Waals surface area contributed by atoms with E-state index < -0.39 is 0 Å². The molecule has 1 nitrogen and oxygen atoms in total. The van der Waals surface area contributed by atoms with Crippen LogP contribution in [0.5, 0.6) is 0 Å². The van der Waals surface area contributed by atoms with Gasteiger partial charge < -0.3 is 5.73 Å². The molecule has 0 bridgehead atoms. The molecule has 3 aromatic carbocycles. The van der Waals surface area contributed by atoms with Crippen LogP contribution in [0.4, 0.5) is 5.69 Å². The van der Waals surface area contributed by atoms with E-state index in [-0.39, 0.29) is 0 Å². The highest BCUT2D eigenvalue weighted by molar-refractivity contribution is 6.00. The zero-order chi connectivity index (χ0) is 21.3. The molecule has 0 aromatic heterocycles. The first-order valence-electron chi connectivity index (χ1n) is 11.3. The number of fused-ring (bicyclic) bond motifs is 1. The lowest BCUT2D eigenvalue weighted by Crippen LogP contribution is -2.01. The molecule has 0 saturated heterocycles. The fourth-order valence-electron chi connectivity index (χ4n) is 4.87. The van der Waals surface area contributed by atoms with Crippen LogP contribution in [0.25, 0.3) is 11.1 Å². The molecule has 1 aliphatic carbocycles. The van der Waals surface area contributed by atoms with Crippen molar-refractivity contribution in [3.63, 3.8) is 0 Å². The number of aryl methyl sites for hydroxylation is 3. The molecule has 30 heavy (non-hydrogen) atoms. The Labute approximate surface area is 181 Å². The Morgan fingerprint density at radius 1 is 0.800 bits per heavy atom. The van der Waals surface area contributed by atoms with E-state index in [4.69, 9.17) is 5.73 Å². The van der Waals surface area contributed by atoms with Crippen LogP contribution in [0, 0.1) is 20.8 Å². The molecule has 0 spiro atoms. The summed E-state index contributed by atoms with van der Waals surface area (Å²) in [6.45, 7) is 9.01. The summed E-state index contributed by atoms with van der Waals surface area (Å²) in [7, 11) is 0. The van der Waals surface area contributed by atoms with E-state index in [0.29, 0.717) is 0 Å². The summed E-state index contributed by atoms with van der Waals surface area (Å²) in [6, 6.07) is 20.2. The van der Waals surface area contributed by atoms with E-state index >= 15 is 0 Å². The summed E-state index contributed by atoms with van der Waals surface area (Å²) in [4.78, 5) is 0. The summed E-state index contributed by atoms with van der Waals surface area (Å²) in [5, 5.41) is 0. The smallest absolute Gasteiger partial charge is 0.0317 e. The topological polar surface area (TPSA) is 26.0 Å². The summed E-state index contributed by atoms with van der Waals surface area (Å²) in [5.74, 6) is 0. The minimum absolute atomic E-state index is 0.858. The van der Waals surface area contributed by atoms with Gasteiger partial charge in [-0.1, -0.05) is 61.4 Å². The second-order valence-corrected chi connectivity index (χ2v) is 8.76. The summed E-state index contributed by atoms with van der Waals surface area (Å²) >= 11 is 0. The first kappa shape index (κ1) is 20.5. The van der Waals surface area contributed by atoms with Gasteiger partial charge in [0.2, 0.25) is 0 Å². The number of allylic oxidation sites excluding steroid dienone is 1. The Bertz CT molecular complexity index is 1100. The highest BCUT2D eigenvalue weighted by Crippen LogP contribution is 2.41. The van der Waals surface area contributed by atoms with Gasteiger partial charge in [0, 0.05) is 5.69 Å². The van der Waals surface area contributed by atoms with Crippen LogP contribution in [-0.2, 0) is 12.8 Å². The van der Waals surface area contributed by atoms with Crippen LogP contribution in [0.2, 0.25) is 0 Å². The first-order valence-corrected chi connectivity index (χ1v) is 11.3. The fraction of sp³-hybridized carbons (Fsp3) is 0.310.